The largest absolute Gasteiger partial charge is 0.375 e. The lowest BCUT2D eigenvalue weighted by Gasteiger charge is -2.45. The van der Waals surface area contributed by atoms with Crippen LogP contribution >= 0.6 is 0 Å². The molecule has 2 atom stereocenters. The second-order valence-corrected chi connectivity index (χ2v) is 5.65. The Kier molecular flexibility index (Phi) is 4.26. The molecule has 2 nitrogen and oxygen atoms in total. The van der Waals surface area contributed by atoms with E-state index in [1.807, 2.05) is 0 Å². The molecule has 1 spiro atoms. The third-order valence-corrected chi connectivity index (χ3v) is 4.68. The van der Waals surface area contributed by atoms with Gasteiger partial charge in [-0.15, -0.1) is 0 Å². The quantitative estimate of drug-likeness (QED) is 0.797. The first-order valence-corrected chi connectivity index (χ1v) is 7.11. The van der Waals surface area contributed by atoms with Gasteiger partial charge in [0.15, 0.2) is 0 Å². The lowest BCUT2D eigenvalue weighted by Crippen LogP contribution is -2.46. The van der Waals surface area contributed by atoms with Crippen molar-refractivity contribution < 1.29 is 4.74 Å². The van der Waals surface area contributed by atoms with Crippen molar-refractivity contribution in [1.29, 1.82) is 0 Å². The Morgan fingerprint density at radius 3 is 2.69 bits per heavy atom. The third kappa shape index (κ3) is 2.60. The Balaban J connectivity index is 1.97. The lowest BCUT2D eigenvalue weighted by molar-refractivity contribution is -0.121. The van der Waals surface area contributed by atoms with Crippen molar-refractivity contribution in [3.63, 3.8) is 0 Å². The summed E-state index contributed by atoms with van der Waals surface area (Å²) in [5.74, 6) is 0.835. The average molecular weight is 225 g/mol. The molecule has 0 radical (unpaired) electrons. The molecule has 0 bridgehead atoms. The highest BCUT2D eigenvalue weighted by atomic mass is 16.5. The molecule has 16 heavy (non-hydrogen) atoms. The second kappa shape index (κ2) is 5.50. The zero-order valence-corrected chi connectivity index (χ0v) is 10.9. The van der Waals surface area contributed by atoms with Crippen molar-refractivity contribution in [3.05, 3.63) is 0 Å². The van der Waals surface area contributed by atoms with Crippen LogP contribution in [0, 0.1) is 5.92 Å². The molecule has 2 heteroatoms. The van der Waals surface area contributed by atoms with Crippen LogP contribution in [-0.2, 0) is 4.74 Å². The SMILES string of the molecule is CCC(NC)C1CCOC2(CCCCC2)C1. The normalized spacial score (nSPS) is 31.5. The highest BCUT2D eigenvalue weighted by Crippen LogP contribution is 2.41. The number of hydrogen-bond donors (Lipinski definition) is 1. The summed E-state index contributed by atoms with van der Waals surface area (Å²) in [6.45, 7) is 3.28. The molecule has 0 aromatic carbocycles. The van der Waals surface area contributed by atoms with E-state index in [9.17, 15) is 0 Å². The van der Waals surface area contributed by atoms with Crippen molar-refractivity contribution in [1.82, 2.24) is 5.32 Å². The predicted octanol–water partition coefficient (Wildman–Crippen LogP) is 3.11. The van der Waals surface area contributed by atoms with Crippen molar-refractivity contribution in [2.75, 3.05) is 13.7 Å². The first-order valence-electron chi connectivity index (χ1n) is 7.11. The molecule has 1 aliphatic carbocycles. The highest BCUT2D eigenvalue weighted by molar-refractivity contribution is 4.92. The summed E-state index contributed by atoms with van der Waals surface area (Å²) < 4.78 is 6.15. The number of rotatable bonds is 3. The Morgan fingerprint density at radius 2 is 2.06 bits per heavy atom. The van der Waals surface area contributed by atoms with E-state index < -0.39 is 0 Å². The van der Waals surface area contributed by atoms with Gasteiger partial charge in [-0.1, -0.05) is 26.2 Å². The second-order valence-electron chi connectivity index (χ2n) is 5.65. The number of nitrogens with one attached hydrogen (secondary N) is 1. The number of ether oxygens (including phenoxy) is 1. The molecule has 1 saturated carbocycles. The molecule has 1 N–H and O–H groups in total. The van der Waals surface area contributed by atoms with Gasteiger partial charge in [0.05, 0.1) is 5.60 Å². The summed E-state index contributed by atoms with van der Waals surface area (Å²) in [4.78, 5) is 0. The topological polar surface area (TPSA) is 21.3 Å². The van der Waals surface area contributed by atoms with Gasteiger partial charge in [0.25, 0.3) is 0 Å². The van der Waals surface area contributed by atoms with Crippen LogP contribution in [0.5, 0.6) is 0 Å². The Labute approximate surface area is 100 Å². The van der Waals surface area contributed by atoms with Gasteiger partial charge in [-0.25, -0.2) is 0 Å². The van der Waals surface area contributed by atoms with Crippen molar-refractivity contribution in [2.24, 2.45) is 5.92 Å². The molecule has 0 aromatic rings. The van der Waals surface area contributed by atoms with Crippen molar-refractivity contribution in [3.8, 4) is 0 Å². The molecular formula is C14H27NO. The first-order chi connectivity index (χ1) is 7.79. The van der Waals surface area contributed by atoms with Crippen molar-refractivity contribution in [2.45, 2.75) is 69.9 Å². The molecule has 2 fully saturated rings. The van der Waals surface area contributed by atoms with Crippen LogP contribution in [0.2, 0.25) is 0 Å². The van der Waals surface area contributed by atoms with E-state index in [1.165, 1.54) is 51.4 Å². The Hall–Kier alpha value is -0.0800. The van der Waals surface area contributed by atoms with Gasteiger partial charge in [-0.2, -0.15) is 0 Å². The van der Waals surface area contributed by atoms with Gasteiger partial charge in [-0.3, -0.25) is 0 Å². The minimum Gasteiger partial charge on any atom is -0.375 e. The van der Waals surface area contributed by atoms with Crippen LogP contribution < -0.4 is 5.32 Å². The minimum absolute atomic E-state index is 0.269. The molecule has 2 aliphatic rings. The molecule has 1 heterocycles. The molecule has 1 saturated heterocycles. The molecular weight excluding hydrogens is 198 g/mol. The summed E-state index contributed by atoms with van der Waals surface area (Å²) in [6.07, 6.45) is 10.6. The van der Waals surface area contributed by atoms with E-state index in [0.717, 1.165) is 12.5 Å². The summed E-state index contributed by atoms with van der Waals surface area (Å²) in [5.41, 5.74) is 0.269. The lowest BCUT2D eigenvalue weighted by atomic mass is 9.74. The maximum atomic E-state index is 6.15. The molecule has 0 aromatic heterocycles. The predicted molar refractivity (Wildman–Crippen MR) is 67.6 cm³/mol. The monoisotopic (exact) mass is 225 g/mol. The van der Waals surface area contributed by atoms with E-state index >= 15 is 0 Å². The van der Waals surface area contributed by atoms with E-state index in [1.54, 1.807) is 0 Å². The van der Waals surface area contributed by atoms with Gasteiger partial charge in [0.2, 0.25) is 0 Å². The standard InChI is InChI=1S/C14H27NO/c1-3-13(15-2)12-7-10-16-14(11-12)8-5-4-6-9-14/h12-13,15H,3-11H2,1-2H3. The minimum atomic E-state index is 0.269. The van der Waals surface area contributed by atoms with Gasteiger partial charge in [-0.05, 0) is 45.1 Å². The van der Waals surface area contributed by atoms with Gasteiger partial charge < -0.3 is 10.1 Å². The molecule has 94 valence electrons. The maximum absolute atomic E-state index is 6.15. The van der Waals surface area contributed by atoms with E-state index in [0.29, 0.717) is 6.04 Å². The van der Waals surface area contributed by atoms with Crippen LogP contribution in [0.15, 0.2) is 0 Å². The van der Waals surface area contributed by atoms with Crippen LogP contribution in [0.4, 0.5) is 0 Å². The highest BCUT2D eigenvalue weighted by Gasteiger charge is 2.39. The Bertz CT molecular complexity index is 201. The van der Waals surface area contributed by atoms with E-state index in [-0.39, 0.29) is 5.60 Å². The fourth-order valence-corrected chi connectivity index (χ4v) is 3.73. The van der Waals surface area contributed by atoms with Crippen molar-refractivity contribution >= 4 is 0 Å². The zero-order chi connectivity index (χ0) is 11.4. The van der Waals surface area contributed by atoms with Crippen LogP contribution in [-0.4, -0.2) is 25.3 Å². The van der Waals surface area contributed by atoms with E-state index in [2.05, 4.69) is 19.3 Å². The van der Waals surface area contributed by atoms with Gasteiger partial charge in [0.1, 0.15) is 0 Å². The zero-order valence-electron chi connectivity index (χ0n) is 10.9. The van der Waals surface area contributed by atoms with Gasteiger partial charge in [0, 0.05) is 12.6 Å². The maximum Gasteiger partial charge on any atom is 0.0685 e. The smallest absolute Gasteiger partial charge is 0.0685 e. The number of hydrogen-bond acceptors (Lipinski definition) is 2. The molecule has 1 aliphatic heterocycles. The summed E-state index contributed by atoms with van der Waals surface area (Å²) >= 11 is 0. The van der Waals surface area contributed by atoms with Crippen LogP contribution in [0.25, 0.3) is 0 Å². The van der Waals surface area contributed by atoms with Gasteiger partial charge >= 0.3 is 0 Å². The molecule has 2 rings (SSSR count). The Morgan fingerprint density at radius 1 is 1.31 bits per heavy atom. The third-order valence-electron chi connectivity index (χ3n) is 4.68. The van der Waals surface area contributed by atoms with Crippen LogP contribution in [0.3, 0.4) is 0 Å². The fraction of sp³-hybridized carbons (Fsp3) is 1.00. The van der Waals surface area contributed by atoms with E-state index in [4.69, 9.17) is 4.74 Å². The molecule has 2 unspecified atom stereocenters. The van der Waals surface area contributed by atoms with Crippen LogP contribution in [0.1, 0.15) is 58.3 Å². The average Bonchev–Trinajstić information content (AvgIpc) is 2.32. The summed E-state index contributed by atoms with van der Waals surface area (Å²) in [6, 6.07) is 0.697. The first kappa shape index (κ1) is 12.4. The summed E-state index contributed by atoms with van der Waals surface area (Å²) in [5, 5.41) is 3.49. The molecule has 0 amide bonds. The summed E-state index contributed by atoms with van der Waals surface area (Å²) in [7, 11) is 2.11. The fourth-order valence-electron chi connectivity index (χ4n) is 3.73.